The fourth-order valence-electron chi connectivity index (χ4n) is 6.44. The number of amides is 1. The van der Waals surface area contributed by atoms with Gasteiger partial charge >= 0.3 is 6.09 Å². The van der Waals surface area contributed by atoms with Crippen molar-refractivity contribution < 1.29 is 46.7 Å². The molecule has 0 spiro atoms. The summed E-state index contributed by atoms with van der Waals surface area (Å²) in [4.78, 5) is 15.7. The van der Waals surface area contributed by atoms with Crippen LogP contribution in [0.5, 0.6) is 17.2 Å². The molecule has 0 radical (unpaired) electrons. The first-order chi connectivity index (χ1) is 23.7. The first-order valence-electron chi connectivity index (χ1n) is 17.0. The molecule has 0 saturated carbocycles. The van der Waals surface area contributed by atoms with E-state index in [0.29, 0.717) is 24.7 Å². The van der Waals surface area contributed by atoms with Gasteiger partial charge in [0.25, 0.3) is 0 Å². The van der Waals surface area contributed by atoms with Gasteiger partial charge in [-0.2, -0.15) is 4.31 Å². The van der Waals surface area contributed by atoms with Crippen LogP contribution in [0.4, 0.5) is 4.79 Å². The number of nitrogens with one attached hydrogen (secondary N) is 1. The topological polar surface area (TPSA) is 145 Å². The maximum absolute atomic E-state index is 13.9. The second-order valence-electron chi connectivity index (χ2n) is 13.2. The number of carbonyl (C=O) groups excluding carboxylic acids is 1. The van der Waals surface area contributed by atoms with Crippen molar-refractivity contribution >= 4 is 27.9 Å². The minimum Gasteiger partial charge on any atom is -0.494 e. The van der Waals surface area contributed by atoms with Crippen molar-refractivity contribution in [1.29, 1.82) is 0 Å². The van der Waals surface area contributed by atoms with Gasteiger partial charge in [0, 0.05) is 43.9 Å². The maximum Gasteiger partial charge on any atom is 0.407 e. The number of sulfonamides is 1. The van der Waals surface area contributed by atoms with Crippen molar-refractivity contribution in [3.05, 3.63) is 48.0 Å². The van der Waals surface area contributed by atoms with Crippen LogP contribution in [0.1, 0.15) is 32.3 Å². The molecule has 2 aromatic rings. The zero-order valence-electron chi connectivity index (χ0n) is 28.0. The molecule has 2 N–H and O–H groups in total. The van der Waals surface area contributed by atoms with Gasteiger partial charge in [-0.1, -0.05) is 26.0 Å². The highest BCUT2D eigenvalue weighted by molar-refractivity contribution is 7.99. The minimum absolute atomic E-state index is 0.0171. The number of rotatable bonds is 16. The second-order valence-corrected chi connectivity index (χ2v) is 16.2. The van der Waals surface area contributed by atoms with Crippen LogP contribution in [0.2, 0.25) is 0 Å². The molecule has 13 nitrogen and oxygen atoms in total. The Morgan fingerprint density at radius 3 is 2.71 bits per heavy atom. The average molecular weight is 722 g/mol. The summed E-state index contributed by atoms with van der Waals surface area (Å²) in [6.45, 7) is 7.21. The zero-order valence-corrected chi connectivity index (χ0v) is 29.7. The molecule has 49 heavy (non-hydrogen) atoms. The van der Waals surface area contributed by atoms with Crippen LogP contribution < -0.4 is 19.5 Å². The molecule has 0 unspecified atom stereocenters. The van der Waals surface area contributed by atoms with Gasteiger partial charge in [-0.15, -0.1) is 11.8 Å². The number of hydrogen-bond acceptors (Lipinski definition) is 12. The summed E-state index contributed by atoms with van der Waals surface area (Å²) in [5.74, 6) is 3.71. The number of aliphatic hydroxyl groups excluding tert-OH is 1. The second kappa shape index (κ2) is 16.5. The lowest BCUT2D eigenvalue weighted by atomic mass is 10.0. The summed E-state index contributed by atoms with van der Waals surface area (Å²) in [5, 5.41) is 14.5. The minimum atomic E-state index is -4.06. The molecule has 6 rings (SSSR count). The zero-order chi connectivity index (χ0) is 34.4. The number of ether oxygens (including phenoxy) is 6. The Bertz CT molecular complexity index is 1510. The van der Waals surface area contributed by atoms with Crippen LogP contribution in [0, 0.1) is 11.8 Å². The molecule has 3 fully saturated rings. The predicted molar refractivity (Wildman–Crippen MR) is 182 cm³/mol. The van der Waals surface area contributed by atoms with Crippen molar-refractivity contribution in [2.24, 2.45) is 11.8 Å². The molecule has 1 amide bonds. The molecule has 270 valence electrons. The summed E-state index contributed by atoms with van der Waals surface area (Å²) in [5.41, 5.74) is 0.827. The third-order valence-corrected chi connectivity index (χ3v) is 11.9. The number of fused-ring (bicyclic) bond motifs is 2. The summed E-state index contributed by atoms with van der Waals surface area (Å²) in [6, 6.07) is 11.1. The summed E-state index contributed by atoms with van der Waals surface area (Å²) in [6.07, 6.45) is -0.973. The number of hydrogen-bond donors (Lipinski definition) is 2. The van der Waals surface area contributed by atoms with E-state index in [1.165, 1.54) is 22.2 Å². The molecule has 0 aromatic heterocycles. The van der Waals surface area contributed by atoms with Crippen LogP contribution >= 0.6 is 11.8 Å². The Balaban J connectivity index is 1.14. The average Bonchev–Trinajstić information content (AvgIpc) is 3.90. The fraction of sp³-hybridized carbons (Fsp3) is 0.618. The molecule has 5 atom stereocenters. The summed E-state index contributed by atoms with van der Waals surface area (Å²) >= 11 is 1.95. The molecule has 4 aliphatic rings. The predicted octanol–water partition coefficient (Wildman–Crippen LogP) is 3.30. The van der Waals surface area contributed by atoms with Crippen molar-refractivity contribution in [3.63, 3.8) is 0 Å². The van der Waals surface area contributed by atoms with E-state index in [-0.39, 0.29) is 55.9 Å². The molecule has 3 saturated heterocycles. The van der Waals surface area contributed by atoms with Gasteiger partial charge in [-0.3, -0.25) is 4.90 Å². The number of nitrogens with zero attached hydrogens (tertiary/aromatic N) is 2. The standard InChI is InChI=1S/C34H47N3O10S2/c1-23(2)18-37(49(40,41)26-8-9-30-31(17-26)46-22-45-30)19-29(38)28(35-34(39)47-32-20-44-33-27(32)10-14-43-33)16-24-4-6-25(7-5-24)42-13-3-11-36-12-15-48-21-36/h4-9,17,23,27-29,32-33,38H,3,10-16,18-22H2,1-2H3,(H,35,39)/t27-,28-,29+,32-,33+/m0/s1. The lowest BCUT2D eigenvalue weighted by molar-refractivity contribution is -0.0907. The van der Waals surface area contributed by atoms with E-state index >= 15 is 0 Å². The van der Waals surface area contributed by atoms with Crippen molar-refractivity contribution in [3.8, 4) is 17.2 Å². The highest BCUT2D eigenvalue weighted by atomic mass is 32.2. The van der Waals surface area contributed by atoms with E-state index in [9.17, 15) is 18.3 Å². The Kier molecular flexibility index (Phi) is 12.1. The lowest BCUT2D eigenvalue weighted by Gasteiger charge is -2.31. The van der Waals surface area contributed by atoms with Gasteiger partial charge in [0.05, 0.1) is 42.8 Å². The monoisotopic (exact) mass is 721 g/mol. The van der Waals surface area contributed by atoms with E-state index in [0.717, 1.165) is 43.1 Å². The number of alkyl carbamates (subject to hydrolysis) is 1. The number of benzene rings is 2. The van der Waals surface area contributed by atoms with E-state index in [1.807, 2.05) is 49.9 Å². The molecular formula is C34H47N3O10S2. The van der Waals surface area contributed by atoms with Crippen LogP contribution in [-0.4, -0.2) is 118 Å². The van der Waals surface area contributed by atoms with Crippen LogP contribution in [-0.2, 0) is 30.7 Å². The first kappa shape index (κ1) is 36.0. The molecular weight excluding hydrogens is 675 g/mol. The Hall–Kier alpha value is -2.79. The molecule has 4 aliphatic heterocycles. The maximum atomic E-state index is 13.9. The van der Waals surface area contributed by atoms with Gasteiger partial charge < -0.3 is 38.8 Å². The van der Waals surface area contributed by atoms with Gasteiger partial charge in [0.2, 0.25) is 16.8 Å². The summed E-state index contributed by atoms with van der Waals surface area (Å²) in [7, 11) is -4.06. The SMILES string of the molecule is CC(C)CN(C[C@@H](O)[C@H](Cc1ccc(OCCCN2CCSC2)cc1)NC(=O)O[C@H]1CO[C@H]2OCC[C@H]21)S(=O)(=O)c1ccc2c(c1)OCO2. The highest BCUT2D eigenvalue weighted by Gasteiger charge is 2.44. The van der Waals surface area contributed by atoms with Crippen LogP contribution in [0.3, 0.4) is 0 Å². The third kappa shape index (κ3) is 9.31. The quantitative estimate of drug-likeness (QED) is 0.246. The normalized spacial score (nSPS) is 23.2. The lowest BCUT2D eigenvalue weighted by Crippen LogP contribution is -2.51. The van der Waals surface area contributed by atoms with Crippen molar-refractivity contribution in [1.82, 2.24) is 14.5 Å². The molecule has 0 aliphatic carbocycles. The van der Waals surface area contributed by atoms with E-state index in [4.69, 9.17) is 28.4 Å². The third-order valence-electron chi connectivity index (χ3n) is 9.04. The van der Waals surface area contributed by atoms with Crippen molar-refractivity contribution in [2.45, 2.75) is 62.5 Å². The van der Waals surface area contributed by atoms with Crippen LogP contribution in [0.15, 0.2) is 47.4 Å². The van der Waals surface area contributed by atoms with E-state index in [2.05, 4.69) is 10.2 Å². The number of aliphatic hydroxyl groups is 1. The molecule has 15 heteroatoms. The van der Waals surface area contributed by atoms with E-state index < -0.39 is 34.4 Å². The fourth-order valence-corrected chi connectivity index (χ4v) is 9.11. The van der Waals surface area contributed by atoms with Gasteiger partial charge in [0.15, 0.2) is 17.8 Å². The van der Waals surface area contributed by atoms with Gasteiger partial charge in [0.1, 0.15) is 11.9 Å². The van der Waals surface area contributed by atoms with Gasteiger partial charge in [-0.25, -0.2) is 13.2 Å². The largest absolute Gasteiger partial charge is 0.494 e. The van der Waals surface area contributed by atoms with E-state index in [1.54, 1.807) is 6.07 Å². The molecule has 0 bridgehead atoms. The Morgan fingerprint density at radius 2 is 1.94 bits per heavy atom. The summed E-state index contributed by atoms with van der Waals surface area (Å²) < 4.78 is 62.8. The Morgan fingerprint density at radius 1 is 1.12 bits per heavy atom. The highest BCUT2D eigenvalue weighted by Crippen LogP contribution is 2.35. The first-order valence-corrected chi connectivity index (χ1v) is 19.6. The number of carbonyl (C=O) groups is 1. The van der Waals surface area contributed by atoms with Crippen molar-refractivity contribution in [2.75, 3.05) is 64.4 Å². The number of thioether (sulfide) groups is 1. The van der Waals surface area contributed by atoms with Gasteiger partial charge in [-0.05, 0) is 55.0 Å². The Labute approximate surface area is 292 Å². The molecule has 2 aromatic carbocycles. The van der Waals surface area contributed by atoms with Crippen LogP contribution in [0.25, 0.3) is 0 Å². The molecule has 4 heterocycles. The smallest absolute Gasteiger partial charge is 0.407 e.